The number of β-amino-alcohol motifs (C(OH)–C–C–N with tert-alkyl or cyclic N) is 1. The SMILES string of the molecule is COc1nc(O[C@H]2CCc3c(-c4cccc(-c5nc6c(=N)n(CCN7CC[C@@H](C(=O)NS(=O)(=O)C8(C)CC8)C7)cc(C#N)c6o5)c4C)cccc32)c(Cl)cc1CN1CC[C@@H](O)C1. The number of sulfonamides is 1. The Balaban J connectivity index is 0.922. The second-order valence-corrected chi connectivity index (χ2v) is 19.8. The molecule has 1 saturated carbocycles. The Kier molecular flexibility index (Phi) is 11.1. The fourth-order valence-electron chi connectivity index (χ4n) is 9.08. The quantitative estimate of drug-likeness (QED) is 0.132. The Morgan fingerprint density at radius 2 is 1.82 bits per heavy atom. The van der Waals surface area contributed by atoms with Crippen LogP contribution in [0.5, 0.6) is 11.8 Å². The molecule has 2 aliphatic carbocycles. The lowest BCUT2D eigenvalue weighted by molar-refractivity contribution is -0.122. The molecule has 5 heterocycles. The molecule has 2 aliphatic heterocycles. The number of ether oxygens (including phenoxy) is 2. The maximum atomic E-state index is 12.9. The van der Waals surface area contributed by atoms with Gasteiger partial charge in [0, 0.05) is 56.6 Å². The lowest BCUT2D eigenvalue weighted by Gasteiger charge is -2.20. The number of nitriles is 1. The Labute approximate surface area is 364 Å². The van der Waals surface area contributed by atoms with Crippen LogP contribution in [0.1, 0.15) is 72.9 Å². The summed E-state index contributed by atoms with van der Waals surface area (Å²) in [6.45, 7) is 7.49. The molecule has 3 atom stereocenters. The van der Waals surface area contributed by atoms with E-state index in [1.54, 1.807) is 24.8 Å². The van der Waals surface area contributed by atoms with Crippen molar-refractivity contribution >= 4 is 38.6 Å². The zero-order chi connectivity index (χ0) is 43.5. The molecule has 2 saturated heterocycles. The number of methoxy groups -OCH3 is 1. The number of nitrogens with one attached hydrogen (secondary N) is 2. The van der Waals surface area contributed by atoms with E-state index < -0.39 is 26.6 Å². The van der Waals surface area contributed by atoms with Crippen molar-refractivity contribution in [3.05, 3.63) is 87.0 Å². The van der Waals surface area contributed by atoms with Gasteiger partial charge in [-0.1, -0.05) is 41.9 Å². The first-order chi connectivity index (χ1) is 29.8. The monoisotopic (exact) mass is 880 g/mol. The van der Waals surface area contributed by atoms with Crippen LogP contribution in [0.25, 0.3) is 33.7 Å². The molecule has 62 heavy (non-hydrogen) atoms. The maximum Gasteiger partial charge on any atom is 0.240 e. The van der Waals surface area contributed by atoms with Crippen LogP contribution in [-0.2, 0) is 34.3 Å². The minimum atomic E-state index is -3.70. The molecule has 0 radical (unpaired) electrons. The minimum Gasteiger partial charge on any atom is -0.481 e. The number of carbonyl (C=O) groups excluding carboxylic acids is 1. The van der Waals surface area contributed by atoms with Crippen molar-refractivity contribution in [1.29, 1.82) is 10.7 Å². The van der Waals surface area contributed by atoms with Gasteiger partial charge in [0.25, 0.3) is 0 Å². The fraction of sp³-hybridized carbons (Fsp3) is 0.444. The number of benzene rings is 2. The van der Waals surface area contributed by atoms with Crippen LogP contribution >= 0.6 is 11.6 Å². The number of oxazole rings is 1. The highest BCUT2D eigenvalue weighted by Crippen LogP contribution is 2.44. The van der Waals surface area contributed by atoms with Gasteiger partial charge in [-0.2, -0.15) is 10.2 Å². The summed E-state index contributed by atoms with van der Waals surface area (Å²) in [5.74, 6) is 0.140. The average molecular weight is 881 g/mol. The highest BCUT2D eigenvalue weighted by molar-refractivity contribution is 7.91. The summed E-state index contributed by atoms with van der Waals surface area (Å²) in [6, 6.07) is 16.2. The van der Waals surface area contributed by atoms with E-state index in [1.165, 1.54) is 0 Å². The van der Waals surface area contributed by atoms with Crippen LogP contribution in [-0.4, -0.2) is 94.5 Å². The summed E-state index contributed by atoms with van der Waals surface area (Å²) in [5, 5.41) is 29.6. The van der Waals surface area contributed by atoms with Crippen LogP contribution in [0, 0.1) is 29.6 Å². The van der Waals surface area contributed by atoms with E-state index in [-0.39, 0.29) is 34.4 Å². The van der Waals surface area contributed by atoms with Gasteiger partial charge < -0.3 is 28.5 Å². The summed E-state index contributed by atoms with van der Waals surface area (Å²) in [6.07, 6.45) is 4.86. The first-order valence-electron chi connectivity index (χ1n) is 21.1. The first-order valence-corrected chi connectivity index (χ1v) is 22.9. The van der Waals surface area contributed by atoms with Gasteiger partial charge in [0.15, 0.2) is 16.6 Å². The summed E-state index contributed by atoms with van der Waals surface area (Å²) in [5.41, 5.74) is 7.62. The fourth-order valence-corrected chi connectivity index (χ4v) is 10.6. The smallest absolute Gasteiger partial charge is 0.240 e. The van der Waals surface area contributed by atoms with Crippen LogP contribution in [0.4, 0.5) is 0 Å². The van der Waals surface area contributed by atoms with Crippen LogP contribution in [0.15, 0.2) is 53.1 Å². The molecular weight excluding hydrogens is 832 g/mol. The predicted molar refractivity (Wildman–Crippen MR) is 231 cm³/mol. The van der Waals surface area contributed by atoms with Crippen molar-refractivity contribution in [3.8, 4) is 40.4 Å². The number of carbonyl (C=O) groups is 1. The zero-order valence-corrected chi connectivity index (χ0v) is 36.5. The van der Waals surface area contributed by atoms with E-state index in [2.05, 4.69) is 43.8 Å². The standard InChI is InChI=1S/C45H49ClN8O7S/c1-26-31(33-8-5-9-35-34(33)10-11-37(35)60-44-36(46)20-28(42(50-44)59-3)23-53-17-13-30(55)25-53)6-4-7-32(26)43-49-38-39(61-43)29(21-47)24-54(40(38)48)19-18-52-16-12-27(22-52)41(56)51-62(57,58)45(2)14-15-45/h4-9,20,24,27,30,37,48,55H,10-19,22-23,25H2,1-3H3,(H,51,56)/t27-,30-,37+/m1/s1. The molecule has 0 bridgehead atoms. The molecule has 15 nitrogen and oxygen atoms in total. The highest BCUT2D eigenvalue weighted by atomic mass is 35.5. The van der Waals surface area contributed by atoms with Gasteiger partial charge >= 0.3 is 0 Å². The zero-order valence-electron chi connectivity index (χ0n) is 34.9. The topological polar surface area (TPSA) is 200 Å². The number of aliphatic hydroxyl groups is 1. The van der Waals surface area contributed by atoms with Gasteiger partial charge in [0.05, 0.1) is 23.9 Å². The number of likely N-dealkylation sites (tertiary alicyclic amines) is 2. The Morgan fingerprint density at radius 3 is 2.56 bits per heavy atom. The van der Waals surface area contributed by atoms with Crippen molar-refractivity contribution in [2.75, 3.05) is 39.8 Å². The number of amides is 1. The van der Waals surface area contributed by atoms with E-state index in [1.807, 2.05) is 31.2 Å². The molecule has 17 heteroatoms. The third-order valence-electron chi connectivity index (χ3n) is 13.1. The van der Waals surface area contributed by atoms with E-state index >= 15 is 0 Å². The normalized spacial score (nSPS) is 20.9. The molecule has 324 valence electrons. The largest absolute Gasteiger partial charge is 0.481 e. The molecule has 3 N–H and O–H groups in total. The number of pyridine rings is 2. The van der Waals surface area contributed by atoms with Gasteiger partial charge in [-0.25, -0.2) is 13.4 Å². The van der Waals surface area contributed by atoms with Crippen molar-refractivity contribution in [3.63, 3.8) is 0 Å². The Hall–Kier alpha value is -5.31. The second-order valence-electron chi connectivity index (χ2n) is 17.2. The second kappa shape index (κ2) is 16.4. The number of rotatable bonds is 13. The van der Waals surface area contributed by atoms with E-state index in [9.17, 15) is 23.6 Å². The number of aromatic nitrogens is 3. The number of hydrogen-bond acceptors (Lipinski definition) is 13. The molecule has 3 fully saturated rings. The maximum absolute atomic E-state index is 12.9. The van der Waals surface area contributed by atoms with Crippen LogP contribution in [0.2, 0.25) is 5.02 Å². The van der Waals surface area contributed by atoms with Crippen LogP contribution < -0.4 is 19.7 Å². The molecular formula is C45H49ClN8O7S. The molecule has 9 rings (SSSR count). The number of halogens is 1. The van der Waals surface area contributed by atoms with Crippen LogP contribution in [0.3, 0.4) is 0 Å². The third kappa shape index (κ3) is 7.85. The van der Waals surface area contributed by atoms with E-state index in [0.29, 0.717) is 81.2 Å². The van der Waals surface area contributed by atoms with E-state index in [0.717, 1.165) is 64.8 Å². The Bertz CT molecular complexity index is 2810. The van der Waals surface area contributed by atoms with Gasteiger partial charge in [-0.15, -0.1) is 0 Å². The molecule has 3 aromatic heterocycles. The number of nitrogens with zero attached hydrogens (tertiary/aromatic N) is 6. The molecule has 5 aromatic rings. The first kappa shape index (κ1) is 42.0. The molecule has 0 unspecified atom stereocenters. The Morgan fingerprint density at radius 1 is 1.06 bits per heavy atom. The highest BCUT2D eigenvalue weighted by Gasteiger charge is 2.51. The summed E-state index contributed by atoms with van der Waals surface area (Å²) < 4.78 is 46.8. The van der Waals surface area contributed by atoms with Gasteiger partial charge in [0.2, 0.25) is 33.6 Å². The summed E-state index contributed by atoms with van der Waals surface area (Å²) in [7, 11) is -2.13. The molecule has 4 aliphatic rings. The third-order valence-corrected chi connectivity index (χ3v) is 15.5. The van der Waals surface area contributed by atoms with Crippen molar-refractivity contribution in [1.82, 2.24) is 29.1 Å². The average Bonchev–Trinajstić information content (AvgIpc) is 3.72. The van der Waals surface area contributed by atoms with Gasteiger partial charge in [-0.3, -0.25) is 19.8 Å². The number of aliphatic hydroxyl groups excluding tert-OH is 1. The number of fused-ring (bicyclic) bond motifs is 2. The predicted octanol–water partition coefficient (Wildman–Crippen LogP) is 5.63. The molecule has 1 amide bonds. The summed E-state index contributed by atoms with van der Waals surface area (Å²) in [4.78, 5) is 26.6. The summed E-state index contributed by atoms with van der Waals surface area (Å²) >= 11 is 6.77. The minimum absolute atomic E-state index is 0.0975. The van der Waals surface area contributed by atoms with Gasteiger partial charge in [0.1, 0.15) is 22.8 Å². The molecule has 0 spiro atoms. The lowest BCUT2D eigenvalue weighted by Crippen LogP contribution is -2.42. The molecule has 2 aromatic carbocycles. The van der Waals surface area contributed by atoms with Crippen molar-refractivity contribution in [2.24, 2.45) is 5.92 Å². The van der Waals surface area contributed by atoms with Gasteiger partial charge in [-0.05, 0) is 98.9 Å². The lowest BCUT2D eigenvalue weighted by atomic mass is 9.91. The van der Waals surface area contributed by atoms with Crippen molar-refractivity contribution in [2.45, 2.75) is 82.4 Å². The number of hydrogen-bond donors (Lipinski definition) is 3. The van der Waals surface area contributed by atoms with Crippen molar-refractivity contribution < 1.29 is 32.2 Å². The van der Waals surface area contributed by atoms with E-state index in [4.69, 9.17) is 35.9 Å².